The van der Waals surface area contributed by atoms with E-state index in [2.05, 4.69) is 19.9 Å². The van der Waals surface area contributed by atoms with Crippen LogP contribution in [0.3, 0.4) is 0 Å². The number of imidazole rings is 1. The predicted octanol–water partition coefficient (Wildman–Crippen LogP) is 2.80. The van der Waals surface area contributed by atoms with Crippen molar-refractivity contribution >= 4 is 37.8 Å². The highest BCUT2D eigenvalue weighted by Crippen LogP contribution is 2.36. The van der Waals surface area contributed by atoms with Crippen molar-refractivity contribution in [3.63, 3.8) is 0 Å². The SMILES string of the molecule is Nc1cnccc1-c1nc2cnc3c(ccn3S(=O)(=O)c3ccccc3)c2n1C1CCNC1. The second-order valence-electron chi connectivity index (χ2n) is 8.07. The zero-order chi connectivity index (χ0) is 22.6. The lowest BCUT2D eigenvalue weighted by molar-refractivity contribution is 0.568. The van der Waals surface area contributed by atoms with E-state index in [0.717, 1.165) is 41.8 Å². The Morgan fingerprint density at radius 3 is 2.70 bits per heavy atom. The van der Waals surface area contributed by atoms with Gasteiger partial charge in [0, 0.05) is 35.9 Å². The van der Waals surface area contributed by atoms with Crippen LogP contribution in [-0.4, -0.2) is 45.0 Å². The smallest absolute Gasteiger partial charge is 0.269 e. The van der Waals surface area contributed by atoms with Crippen molar-refractivity contribution in [3.05, 3.63) is 67.3 Å². The number of hydrogen-bond acceptors (Lipinski definition) is 7. The third-order valence-corrected chi connectivity index (χ3v) is 7.80. The van der Waals surface area contributed by atoms with Crippen molar-refractivity contribution in [2.45, 2.75) is 17.4 Å². The van der Waals surface area contributed by atoms with Crippen LogP contribution < -0.4 is 11.1 Å². The number of fused-ring (bicyclic) bond motifs is 3. The van der Waals surface area contributed by atoms with Gasteiger partial charge in [0.25, 0.3) is 10.0 Å². The highest BCUT2D eigenvalue weighted by atomic mass is 32.2. The predicted molar refractivity (Wildman–Crippen MR) is 126 cm³/mol. The lowest BCUT2D eigenvalue weighted by Crippen LogP contribution is -2.15. The quantitative estimate of drug-likeness (QED) is 0.424. The lowest BCUT2D eigenvalue weighted by Gasteiger charge is -2.17. The molecule has 33 heavy (non-hydrogen) atoms. The van der Waals surface area contributed by atoms with Crippen molar-refractivity contribution in [1.29, 1.82) is 0 Å². The minimum atomic E-state index is -3.79. The molecule has 0 spiro atoms. The molecule has 5 aromatic rings. The fourth-order valence-corrected chi connectivity index (χ4v) is 5.89. The minimum absolute atomic E-state index is 0.150. The molecule has 9 nitrogen and oxygen atoms in total. The zero-order valence-corrected chi connectivity index (χ0v) is 18.4. The Labute approximate surface area is 190 Å². The van der Waals surface area contributed by atoms with Gasteiger partial charge in [-0.05, 0) is 37.2 Å². The number of rotatable bonds is 4. The van der Waals surface area contributed by atoms with Crippen LogP contribution in [0, 0.1) is 0 Å². The van der Waals surface area contributed by atoms with Crippen molar-refractivity contribution in [1.82, 2.24) is 28.8 Å². The van der Waals surface area contributed by atoms with Gasteiger partial charge < -0.3 is 15.6 Å². The highest BCUT2D eigenvalue weighted by molar-refractivity contribution is 7.90. The fraction of sp³-hybridized carbons (Fsp3) is 0.174. The molecule has 1 unspecified atom stereocenters. The van der Waals surface area contributed by atoms with E-state index in [1.165, 1.54) is 3.97 Å². The van der Waals surface area contributed by atoms with Crippen LogP contribution in [0.4, 0.5) is 5.69 Å². The topological polar surface area (TPSA) is 121 Å². The second kappa shape index (κ2) is 7.39. The van der Waals surface area contributed by atoms with Gasteiger partial charge in [-0.2, -0.15) is 0 Å². The molecule has 0 radical (unpaired) electrons. The molecule has 0 amide bonds. The summed E-state index contributed by atoms with van der Waals surface area (Å²) in [6.07, 6.45) is 7.43. The zero-order valence-electron chi connectivity index (χ0n) is 17.6. The van der Waals surface area contributed by atoms with Gasteiger partial charge in [0.2, 0.25) is 0 Å². The van der Waals surface area contributed by atoms with Crippen molar-refractivity contribution in [2.24, 2.45) is 0 Å². The number of hydrogen-bond donors (Lipinski definition) is 2. The summed E-state index contributed by atoms with van der Waals surface area (Å²) in [4.78, 5) is 13.7. The highest BCUT2D eigenvalue weighted by Gasteiger charge is 2.27. The number of nitrogens with one attached hydrogen (secondary N) is 1. The Bertz CT molecular complexity index is 1600. The molecular weight excluding hydrogens is 438 g/mol. The summed E-state index contributed by atoms with van der Waals surface area (Å²) in [5, 5.41) is 4.14. The van der Waals surface area contributed by atoms with Gasteiger partial charge >= 0.3 is 0 Å². The van der Waals surface area contributed by atoms with Crippen LogP contribution in [0.1, 0.15) is 12.5 Å². The maximum absolute atomic E-state index is 13.3. The van der Waals surface area contributed by atoms with Crippen LogP contribution >= 0.6 is 0 Å². The Hall–Kier alpha value is -3.76. The molecule has 10 heteroatoms. The largest absolute Gasteiger partial charge is 0.397 e. The van der Waals surface area contributed by atoms with E-state index < -0.39 is 10.0 Å². The van der Waals surface area contributed by atoms with Crippen molar-refractivity contribution in [3.8, 4) is 11.4 Å². The standard InChI is InChI=1S/C23H21N7O2S/c24-19-13-26-10-7-17(19)23-28-20-14-27-22-18(21(20)30(23)15-6-9-25-12-15)8-11-29(22)33(31,32)16-4-2-1-3-5-16/h1-5,7-8,10-11,13-15,25H,6,9,12,24H2. The normalized spacial score (nSPS) is 16.7. The van der Waals surface area contributed by atoms with Crippen LogP contribution in [0.5, 0.6) is 0 Å². The van der Waals surface area contributed by atoms with E-state index in [1.807, 2.05) is 6.07 Å². The Balaban J connectivity index is 1.65. The van der Waals surface area contributed by atoms with Crippen molar-refractivity contribution < 1.29 is 8.42 Å². The van der Waals surface area contributed by atoms with Gasteiger partial charge in [0.05, 0.1) is 28.5 Å². The molecule has 1 aliphatic heterocycles. The average Bonchev–Trinajstić information content (AvgIpc) is 3.57. The molecule has 1 aliphatic rings. The number of nitrogens with two attached hydrogens (primary N) is 1. The third kappa shape index (κ3) is 3.02. The maximum Gasteiger partial charge on any atom is 0.269 e. The summed E-state index contributed by atoms with van der Waals surface area (Å²) in [5.74, 6) is 0.728. The van der Waals surface area contributed by atoms with E-state index in [0.29, 0.717) is 16.9 Å². The summed E-state index contributed by atoms with van der Waals surface area (Å²) in [6, 6.07) is 12.2. The van der Waals surface area contributed by atoms with Crippen LogP contribution in [0.25, 0.3) is 33.5 Å². The molecule has 1 fully saturated rings. The summed E-state index contributed by atoms with van der Waals surface area (Å²) in [7, 11) is -3.79. The molecule has 5 heterocycles. The van der Waals surface area contributed by atoms with Gasteiger partial charge in [-0.25, -0.2) is 22.4 Å². The lowest BCUT2D eigenvalue weighted by atomic mass is 10.1. The fourth-order valence-electron chi connectivity index (χ4n) is 4.56. The summed E-state index contributed by atoms with van der Waals surface area (Å²) >= 11 is 0. The molecule has 1 atom stereocenters. The van der Waals surface area contributed by atoms with E-state index in [1.54, 1.807) is 61.2 Å². The molecule has 4 aromatic heterocycles. The van der Waals surface area contributed by atoms with Gasteiger partial charge in [0.1, 0.15) is 11.3 Å². The minimum Gasteiger partial charge on any atom is -0.397 e. The van der Waals surface area contributed by atoms with Crippen LogP contribution in [-0.2, 0) is 10.0 Å². The number of nitrogens with zero attached hydrogens (tertiary/aromatic N) is 5. The van der Waals surface area contributed by atoms with Gasteiger partial charge in [0.15, 0.2) is 5.65 Å². The maximum atomic E-state index is 13.3. The molecular formula is C23H21N7O2S. The molecule has 6 rings (SSSR count). The van der Waals surface area contributed by atoms with Gasteiger partial charge in [-0.15, -0.1) is 0 Å². The molecule has 166 valence electrons. The van der Waals surface area contributed by atoms with Crippen molar-refractivity contribution in [2.75, 3.05) is 18.8 Å². The number of aromatic nitrogens is 5. The summed E-state index contributed by atoms with van der Waals surface area (Å²) in [5.41, 5.74) is 9.48. The summed E-state index contributed by atoms with van der Waals surface area (Å²) in [6.45, 7) is 1.68. The molecule has 1 aromatic carbocycles. The number of benzene rings is 1. The number of anilines is 1. The van der Waals surface area contributed by atoms with E-state index in [4.69, 9.17) is 10.7 Å². The first-order valence-electron chi connectivity index (χ1n) is 10.6. The molecule has 0 bridgehead atoms. The first kappa shape index (κ1) is 19.9. The van der Waals surface area contributed by atoms with E-state index >= 15 is 0 Å². The first-order valence-corrected chi connectivity index (χ1v) is 12.1. The van der Waals surface area contributed by atoms with E-state index in [9.17, 15) is 8.42 Å². The molecule has 3 N–H and O–H groups in total. The summed E-state index contributed by atoms with van der Waals surface area (Å²) < 4.78 is 30.1. The Morgan fingerprint density at radius 1 is 1.09 bits per heavy atom. The molecule has 0 saturated carbocycles. The Morgan fingerprint density at radius 2 is 1.94 bits per heavy atom. The second-order valence-corrected chi connectivity index (χ2v) is 9.89. The first-order chi connectivity index (χ1) is 16.1. The average molecular weight is 460 g/mol. The van der Waals surface area contributed by atoms with Crippen LogP contribution in [0.15, 0.2) is 72.1 Å². The Kier molecular flexibility index (Phi) is 4.46. The third-order valence-electron chi connectivity index (χ3n) is 6.12. The molecule has 0 aliphatic carbocycles. The van der Waals surface area contributed by atoms with E-state index in [-0.39, 0.29) is 10.9 Å². The molecule has 1 saturated heterocycles. The van der Waals surface area contributed by atoms with Gasteiger partial charge in [-0.3, -0.25) is 4.98 Å². The number of pyridine rings is 2. The monoisotopic (exact) mass is 459 g/mol. The number of nitrogen functional groups attached to an aromatic ring is 1. The van der Waals surface area contributed by atoms with Crippen LogP contribution in [0.2, 0.25) is 0 Å². The van der Waals surface area contributed by atoms with Gasteiger partial charge in [-0.1, -0.05) is 18.2 Å².